The van der Waals surface area contributed by atoms with E-state index in [1.54, 1.807) is 17.0 Å². The third-order valence-corrected chi connectivity index (χ3v) is 5.39. The number of benzene rings is 2. The fourth-order valence-corrected chi connectivity index (χ4v) is 3.61. The van der Waals surface area contributed by atoms with Gasteiger partial charge in [0, 0.05) is 44.4 Å². The molecule has 162 valence electrons. The number of amides is 1. The molecule has 1 aromatic heterocycles. The van der Waals surface area contributed by atoms with Crippen LogP contribution in [0.1, 0.15) is 27.2 Å². The van der Waals surface area contributed by atoms with E-state index in [4.69, 9.17) is 4.52 Å². The van der Waals surface area contributed by atoms with Crippen molar-refractivity contribution >= 4 is 5.91 Å². The maximum Gasteiger partial charge on any atom is 0.416 e. The summed E-state index contributed by atoms with van der Waals surface area (Å²) in [6, 6.07) is 14.8. The van der Waals surface area contributed by atoms with Gasteiger partial charge in [0.2, 0.25) is 0 Å². The Morgan fingerprint density at radius 1 is 1.03 bits per heavy atom. The molecule has 4 rings (SSSR count). The second-order valence-electron chi connectivity index (χ2n) is 7.71. The Kier molecular flexibility index (Phi) is 5.82. The van der Waals surface area contributed by atoms with Crippen molar-refractivity contribution < 1.29 is 22.5 Å². The zero-order valence-electron chi connectivity index (χ0n) is 17.0. The second-order valence-corrected chi connectivity index (χ2v) is 7.71. The first-order valence-corrected chi connectivity index (χ1v) is 10.0. The fraction of sp³-hybridized carbons (Fsp3) is 0.304. The number of halogens is 3. The monoisotopic (exact) mass is 429 g/mol. The van der Waals surface area contributed by atoms with Crippen LogP contribution < -0.4 is 0 Å². The summed E-state index contributed by atoms with van der Waals surface area (Å²) in [5, 5.41) is 3.92. The molecule has 1 saturated heterocycles. The number of aryl methyl sites for hydroxylation is 1. The summed E-state index contributed by atoms with van der Waals surface area (Å²) >= 11 is 0. The van der Waals surface area contributed by atoms with Crippen molar-refractivity contribution in [3.8, 4) is 11.3 Å². The maximum atomic E-state index is 12.9. The fourth-order valence-electron chi connectivity index (χ4n) is 3.61. The molecule has 0 N–H and O–H groups in total. The summed E-state index contributed by atoms with van der Waals surface area (Å²) in [5.41, 5.74) is 2.19. The van der Waals surface area contributed by atoms with E-state index < -0.39 is 11.7 Å². The van der Waals surface area contributed by atoms with Crippen molar-refractivity contribution in [1.29, 1.82) is 0 Å². The molecule has 5 nitrogen and oxygen atoms in total. The van der Waals surface area contributed by atoms with Gasteiger partial charge in [0.25, 0.3) is 5.91 Å². The van der Waals surface area contributed by atoms with Gasteiger partial charge in [-0.25, -0.2) is 0 Å². The van der Waals surface area contributed by atoms with Crippen LogP contribution in [0.5, 0.6) is 0 Å². The summed E-state index contributed by atoms with van der Waals surface area (Å²) in [7, 11) is 0. The van der Waals surface area contributed by atoms with Crippen LogP contribution in [0.4, 0.5) is 13.2 Å². The van der Waals surface area contributed by atoms with Crippen molar-refractivity contribution in [3.63, 3.8) is 0 Å². The van der Waals surface area contributed by atoms with Gasteiger partial charge in [-0.3, -0.25) is 9.69 Å². The number of alkyl halides is 3. The average Bonchev–Trinajstić information content (AvgIpc) is 3.24. The van der Waals surface area contributed by atoms with Gasteiger partial charge in [0.1, 0.15) is 0 Å². The normalized spacial score (nSPS) is 15.3. The number of hydrogen-bond donors (Lipinski definition) is 0. The largest absolute Gasteiger partial charge is 0.416 e. The molecule has 0 atom stereocenters. The molecule has 1 aliphatic heterocycles. The van der Waals surface area contributed by atoms with E-state index in [1.807, 2.05) is 36.1 Å². The molecule has 0 aliphatic carbocycles. The minimum absolute atomic E-state index is 0.208. The van der Waals surface area contributed by atoms with Crippen molar-refractivity contribution in [2.24, 2.45) is 0 Å². The molecule has 2 heterocycles. The molecule has 0 saturated carbocycles. The Hall–Kier alpha value is -3.13. The first-order chi connectivity index (χ1) is 14.8. The highest BCUT2D eigenvalue weighted by Gasteiger charge is 2.31. The van der Waals surface area contributed by atoms with Gasteiger partial charge in [-0.05, 0) is 18.6 Å². The molecular formula is C23H22F3N3O2. The quantitative estimate of drug-likeness (QED) is 0.607. The first-order valence-electron chi connectivity index (χ1n) is 10.0. The Balaban J connectivity index is 1.35. The molecule has 0 radical (unpaired) electrons. The van der Waals surface area contributed by atoms with Crippen molar-refractivity contribution in [3.05, 3.63) is 77.0 Å². The first kappa shape index (κ1) is 21.1. The summed E-state index contributed by atoms with van der Waals surface area (Å²) in [4.78, 5) is 16.5. The Morgan fingerprint density at radius 2 is 1.74 bits per heavy atom. The highest BCUT2D eigenvalue weighted by atomic mass is 19.4. The third-order valence-electron chi connectivity index (χ3n) is 5.39. The van der Waals surface area contributed by atoms with Crippen LogP contribution in [0.3, 0.4) is 0 Å². The number of carbonyl (C=O) groups is 1. The molecular weight excluding hydrogens is 407 g/mol. The summed E-state index contributed by atoms with van der Waals surface area (Å²) < 4.78 is 44.1. The van der Waals surface area contributed by atoms with Crippen molar-refractivity contribution in [1.82, 2.24) is 15.0 Å². The van der Waals surface area contributed by atoms with Gasteiger partial charge < -0.3 is 9.42 Å². The van der Waals surface area contributed by atoms with Crippen LogP contribution in [-0.4, -0.2) is 47.0 Å². The van der Waals surface area contributed by atoms with Crippen LogP contribution in [-0.2, 0) is 12.7 Å². The highest BCUT2D eigenvalue weighted by Crippen LogP contribution is 2.30. The van der Waals surface area contributed by atoms with Gasteiger partial charge in [-0.1, -0.05) is 53.2 Å². The number of nitrogens with zero attached hydrogens (tertiary/aromatic N) is 3. The van der Waals surface area contributed by atoms with Crippen molar-refractivity contribution in [2.45, 2.75) is 19.6 Å². The lowest BCUT2D eigenvalue weighted by molar-refractivity contribution is -0.137. The molecule has 2 aromatic carbocycles. The molecule has 0 unspecified atom stereocenters. The molecule has 0 spiro atoms. The third kappa shape index (κ3) is 4.96. The lowest BCUT2D eigenvalue weighted by Crippen LogP contribution is -2.48. The van der Waals surface area contributed by atoms with Crippen LogP contribution in [0, 0.1) is 6.92 Å². The second kappa shape index (κ2) is 8.55. The van der Waals surface area contributed by atoms with E-state index in [1.165, 1.54) is 12.1 Å². The number of carbonyl (C=O) groups excluding carboxylic acids is 1. The van der Waals surface area contributed by atoms with E-state index >= 15 is 0 Å². The topological polar surface area (TPSA) is 49.6 Å². The number of aromatic nitrogens is 1. The summed E-state index contributed by atoms with van der Waals surface area (Å²) in [6.45, 7) is 4.50. The van der Waals surface area contributed by atoms with Crippen LogP contribution in [0.2, 0.25) is 0 Å². The molecule has 0 bridgehead atoms. The maximum absolute atomic E-state index is 12.9. The molecule has 1 amide bonds. The van der Waals surface area contributed by atoms with Gasteiger partial charge >= 0.3 is 6.18 Å². The summed E-state index contributed by atoms with van der Waals surface area (Å²) in [6.07, 6.45) is -4.35. The average molecular weight is 429 g/mol. The molecule has 1 fully saturated rings. The van der Waals surface area contributed by atoms with Gasteiger partial charge in [-0.15, -0.1) is 0 Å². The zero-order valence-corrected chi connectivity index (χ0v) is 17.0. The van der Waals surface area contributed by atoms with Gasteiger partial charge in [0.15, 0.2) is 11.5 Å². The molecule has 3 aromatic rings. The van der Waals surface area contributed by atoms with E-state index in [0.29, 0.717) is 44.0 Å². The standard InChI is InChI=1S/C23H22F3N3O2/c1-16-5-7-18(8-6-16)21-14-20(27-31-21)22(30)29-11-9-28(10-12-29)15-17-3-2-4-19(13-17)23(24,25)26/h2-8,13-14H,9-12,15H2,1H3. The van der Waals surface area contributed by atoms with Gasteiger partial charge in [0.05, 0.1) is 5.56 Å². The van der Waals surface area contributed by atoms with Crippen molar-refractivity contribution in [2.75, 3.05) is 26.2 Å². The van der Waals surface area contributed by atoms with E-state index in [2.05, 4.69) is 5.16 Å². The lowest BCUT2D eigenvalue weighted by atomic mass is 10.1. The van der Waals surface area contributed by atoms with E-state index in [9.17, 15) is 18.0 Å². The smallest absolute Gasteiger partial charge is 0.355 e. The molecule has 8 heteroatoms. The van der Waals surface area contributed by atoms with Crippen LogP contribution in [0.15, 0.2) is 59.1 Å². The predicted molar refractivity (Wildman–Crippen MR) is 109 cm³/mol. The number of piperazine rings is 1. The van der Waals surface area contributed by atoms with Crippen LogP contribution in [0.25, 0.3) is 11.3 Å². The Bertz CT molecular complexity index is 1050. The van der Waals surface area contributed by atoms with Gasteiger partial charge in [-0.2, -0.15) is 13.2 Å². The Labute approximate surface area is 178 Å². The van der Waals surface area contributed by atoms with Crippen LogP contribution >= 0.6 is 0 Å². The SMILES string of the molecule is Cc1ccc(-c2cc(C(=O)N3CCN(Cc4cccc(C(F)(F)F)c4)CC3)no2)cc1. The minimum atomic E-state index is -4.35. The molecule has 1 aliphatic rings. The predicted octanol–water partition coefficient (Wildman–Crippen LogP) is 4.63. The lowest BCUT2D eigenvalue weighted by Gasteiger charge is -2.34. The Morgan fingerprint density at radius 3 is 2.42 bits per heavy atom. The zero-order chi connectivity index (χ0) is 22.0. The van der Waals surface area contributed by atoms with E-state index in [-0.39, 0.29) is 11.6 Å². The summed E-state index contributed by atoms with van der Waals surface area (Å²) in [5.74, 6) is 0.326. The molecule has 31 heavy (non-hydrogen) atoms. The number of rotatable bonds is 4. The highest BCUT2D eigenvalue weighted by molar-refractivity contribution is 5.93. The van der Waals surface area contributed by atoms with E-state index in [0.717, 1.165) is 17.2 Å². The number of hydrogen-bond acceptors (Lipinski definition) is 4. The minimum Gasteiger partial charge on any atom is -0.355 e.